The summed E-state index contributed by atoms with van der Waals surface area (Å²) in [7, 11) is -5.11. The van der Waals surface area contributed by atoms with Crippen molar-refractivity contribution < 1.29 is 109 Å². The predicted molar refractivity (Wildman–Crippen MR) is 45.4 cm³/mol. The predicted octanol–water partition coefficient (Wildman–Crippen LogP) is -7.13. The van der Waals surface area contributed by atoms with Crippen molar-refractivity contribution in [2.75, 3.05) is 0 Å². The van der Waals surface area contributed by atoms with E-state index in [1.54, 1.807) is 0 Å². The van der Waals surface area contributed by atoms with Crippen molar-refractivity contribution in [2.45, 2.75) is 4.90 Å². The van der Waals surface area contributed by atoms with Gasteiger partial charge in [-0.25, -0.2) is 8.42 Å². The van der Waals surface area contributed by atoms with Crippen LogP contribution in [0.25, 0.3) is 0 Å². The molecule has 0 N–H and O–H groups in total. The van der Waals surface area contributed by atoms with Crippen LogP contribution >= 0.6 is 0 Å². The Morgan fingerprint density at radius 3 is 2.11 bits per heavy atom. The fourth-order valence-electron chi connectivity index (χ4n) is 1.00. The van der Waals surface area contributed by atoms with Crippen LogP contribution in [0.3, 0.4) is 0 Å². The number of rotatable bonds is 3. The van der Waals surface area contributed by atoms with Gasteiger partial charge in [0.1, 0.15) is 10.1 Å². The normalized spacial score (nSPS) is 9.83. The number of carbonyl (C=O) groups excluding carboxylic acids is 1. The first-order valence-electron chi connectivity index (χ1n) is 3.69. The van der Waals surface area contributed by atoms with E-state index in [2.05, 4.69) is 0 Å². The largest absolute Gasteiger partial charge is 1.00 e. The third kappa shape index (κ3) is 5.33. The van der Waals surface area contributed by atoms with Crippen molar-refractivity contribution >= 4 is 21.8 Å². The molecule has 18 heavy (non-hydrogen) atoms. The van der Waals surface area contributed by atoms with E-state index in [-0.39, 0.29) is 80.9 Å². The van der Waals surface area contributed by atoms with Gasteiger partial charge in [-0.15, -0.1) is 0 Å². The summed E-state index contributed by atoms with van der Waals surface area (Å²) in [6.45, 7) is 0. The summed E-state index contributed by atoms with van der Waals surface area (Å²) in [6, 6.07) is 1.78. The van der Waals surface area contributed by atoms with Gasteiger partial charge in [0.25, 0.3) is 5.69 Å². The smallest absolute Gasteiger partial charge is 0.744 e. The first-order valence-corrected chi connectivity index (χ1v) is 5.10. The third-order valence-corrected chi connectivity index (χ3v) is 2.54. The molecule has 0 heterocycles. The van der Waals surface area contributed by atoms with Crippen molar-refractivity contribution in [3.63, 3.8) is 0 Å². The average Bonchev–Trinajstić information content (AvgIpc) is 2.15. The number of nitro benzene ring substituents is 1. The first kappa shape index (κ1) is 20.9. The van der Waals surface area contributed by atoms with Gasteiger partial charge in [0.05, 0.1) is 15.8 Å². The molecule has 8 nitrogen and oxygen atoms in total. The average molecular weight is 307 g/mol. The van der Waals surface area contributed by atoms with E-state index >= 15 is 0 Å². The number of benzene rings is 1. The molecule has 0 unspecified atom stereocenters. The van der Waals surface area contributed by atoms with Crippen molar-refractivity contribution in [1.29, 1.82) is 0 Å². The van der Waals surface area contributed by atoms with Crippen LogP contribution < -0.4 is 86.0 Å². The minimum Gasteiger partial charge on any atom is -0.744 e. The molecule has 1 aromatic carbocycles. The second-order valence-electron chi connectivity index (χ2n) is 2.68. The molecule has 1 rings (SSSR count). The molecule has 0 aromatic heterocycles. The van der Waals surface area contributed by atoms with Gasteiger partial charge in [0, 0.05) is 17.7 Å². The number of carboxylic acid groups (broad SMARTS) is 1. The van der Waals surface area contributed by atoms with Gasteiger partial charge in [0.2, 0.25) is 0 Å². The number of aromatic carboxylic acids is 1. The topological polar surface area (TPSA) is 140 Å². The van der Waals surface area contributed by atoms with Crippen LogP contribution in [-0.4, -0.2) is 23.9 Å². The molecule has 0 bridgehead atoms. The zero-order valence-electron chi connectivity index (χ0n) is 9.45. The molecule has 0 radical (unpaired) electrons. The van der Waals surface area contributed by atoms with E-state index in [9.17, 15) is 33.0 Å². The number of hydrogen-bond acceptors (Lipinski definition) is 7. The monoisotopic (exact) mass is 307 g/mol. The molecule has 1 aromatic rings. The van der Waals surface area contributed by atoms with E-state index in [0.29, 0.717) is 12.1 Å². The summed E-state index contributed by atoms with van der Waals surface area (Å²) in [4.78, 5) is 18.6. The van der Waals surface area contributed by atoms with Gasteiger partial charge in [-0.05, 0) is 6.07 Å². The molecule has 86 valence electrons. The fraction of sp³-hybridized carbons (Fsp3) is 0. The summed E-state index contributed by atoms with van der Waals surface area (Å²) < 4.78 is 32.0. The molecule has 0 saturated heterocycles. The third-order valence-electron chi connectivity index (χ3n) is 1.67. The zero-order valence-corrected chi connectivity index (χ0v) is 15.4. The maximum absolute atomic E-state index is 10.7. The SMILES string of the molecule is O=C([O-])c1ccc([N+](=O)[O-])cc1S(=O)(=O)[O-].[K+].[Na+]. The number of carbonyl (C=O) groups is 1. The Hall–Kier alpha value is 0.636. The molecule has 0 aliphatic rings. The molecule has 0 spiro atoms. The quantitative estimate of drug-likeness (QED) is 0.234. The van der Waals surface area contributed by atoms with Crippen LogP contribution in [0.4, 0.5) is 5.69 Å². The van der Waals surface area contributed by atoms with Gasteiger partial charge >= 0.3 is 80.9 Å². The van der Waals surface area contributed by atoms with E-state index in [1.165, 1.54) is 0 Å². The van der Waals surface area contributed by atoms with E-state index in [0.717, 1.165) is 6.07 Å². The van der Waals surface area contributed by atoms with Crippen molar-refractivity contribution in [3.8, 4) is 0 Å². The number of non-ortho nitro benzene ring substituents is 1. The van der Waals surface area contributed by atoms with E-state index in [4.69, 9.17) is 0 Å². The van der Waals surface area contributed by atoms with Gasteiger partial charge in [0.15, 0.2) is 0 Å². The molecule has 0 atom stereocenters. The number of nitrogens with zero attached hydrogens (tertiary/aromatic N) is 1. The van der Waals surface area contributed by atoms with Crippen LogP contribution in [0.5, 0.6) is 0 Å². The van der Waals surface area contributed by atoms with E-state index < -0.39 is 37.2 Å². The van der Waals surface area contributed by atoms with Crippen molar-refractivity contribution in [3.05, 3.63) is 33.9 Å². The van der Waals surface area contributed by atoms with Crippen molar-refractivity contribution in [2.24, 2.45) is 0 Å². The Morgan fingerprint density at radius 1 is 1.28 bits per heavy atom. The molecular formula is C7H3KNNaO7S. The van der Waals surface area contributed by atoms with E-state index in [1.807, 2.05) is 0 Å². The van der Waals surface area contributed by atoms with Crippen LogP contribution in [0, 0.1) is 10.1 Å². The Labute approximate surface area is 166 Å². The van der Waals surface area contributed by atoms with Gasteiger partial charge in [-0.1, -0.05) is 0 Å². The maximum atomic E-state index is 10.7. The number of nitro groups is 1. The summed E-state index contributed by atoms with van der Waals surface area (Å²) >= 11 is 0. The molecule has 0 aliphatic heterocycles. The van der Waals surface area contributed by atoms with Crippen LogP contribution in [0.2, 0.25) is 0 Å². The van der Waals surface area contributed by atoms with Crippen LogP contribution in [0.1, 0.15) is 10.4 Å². The summed E-state index contributed by atoms with van der Waals surface area (Å²) in [5.41, 5.74) is -1.60. The second-order valence-corrected chi connectivity index (χ2v) is 4.03. The standard InChI is InChI=1S/C7H5NO7S.K.Na/c9-7(10)5-2-1-4(8(11)12)3-6(5)16(13,14)15;;/h1-3H,(H,9,10)(H,13,14,15);;/q;2*+1/p-2. The van der Waals surface area contributed by atoms with Gasteiger partial charge < -0.3 is 14.5 Å². The summed E-state index contributed by atoms with van der Waals surface area (Å²) in [5.74, 6) is -1.90. The zero-order chi connectivity index (χ0) is 12.5. The Balaban J connectivity index is 0. The first-order chi connectivity index (χ1) is 7.23. The molecule has 11 heteroatoms. The summed E-state index contributed by atoms with van der Waals surface area (Å²) in [5, 5.41) is 20.8. The number of hydrogen-bond donors (Lipinski definition) is 0. The summed E-state index contributed by atoms with van der Waals surface area (Å²) in [6.07, 6.45) is 0. The molecular weight excluding hydrogens is 304 g/mol. The minimum atomic E-state index is -5.11. The van der Waals surface area contributed by atoms with Gasteiger partial charge in [-0.3, -0.25) is 10.1 Å². The van der Waals surface area contributed by atoms with Crippen LogP contribution in [-0.2, 0) is 10.1 Å². The molecule has 0 amide bonds. The van der Waals surface area contributed by atoms with Crippen molar-refractivity contribution in [1.82, 2.24) is 0 Å². The molecule has 0 fully saturated rings. The minimum absolute atomic E-state index is 0. The Kier molecular flexibility index (Phi) is 9.36. The maximum Gasteiger partial charge on any atom is 1.00 e. The second kappa shape index (κ2) is 8.04. The number of carboxylic acids is 1. The van der Waals surface area contributed by atoms with Gasteiger partial charge in [-0.2, -0.15) is 0 Å². The van der Waals surface area contributed by atoms with Crippen LogP contribution in [0.15, 0.2) is 23.1 Å². The Morgan fingerprint density at radius 2 is 1.78 bits per heavy atom. The molecule has 0 saturated carbocycles. The fourth-order valence-corrected chi connectivity index (χ4v) is 1.69. The Bertz CT molecular complexity index is 573. The molecule has 0 aliphatic carbocycles.